The van der Waals surface area contributed by atoms with Crippen molar-refractivity contribution >= 4 is 0 Å². The van der Waals surface area contributed by atoms with Crippen molar-refractivity contribution < 1.29 is 0 Å². The lowest BCUT2D eigenvalue weighted by Crippen LogP contribution is -2.36. The summed E-state index contributed by atoms with van der Waals surface area (Å²) >= 11 is 0. The van der Waals surface area contributed by atoms with Crippen molar-refractivity contribution in [2.24, 2.45) is 11.3 Å². The summed E-state index contributed by atoms with van der Waals surface area (Å²) in [6.07, 6.45) is 2.74. The van der Waals surface area contributed by atoms with Crippen LogP contribution in [0.15, 0.2) is 0 Å². The SMILES string of the molecule is CN(C)CC1CCN(CC2(C)CCNC2)C1. The average molecular weight is 225 g/mol. The molecule has 2 rings (SSSR count). The van der Waals surface area contributed by atoms with E-state index in [4.69, 9.17) is 0 Å². The van der Waals surface area contributed by atoms with Gasteiger partial charge >= 0.3 is 0 Å². The number of likely N-dealkylation sites (tertiary alicyclic amines) is 1. The fourth-order valence-electron chi connectivity index (χ4n) is 3.27. The first-order chi connectivity index (χ1) is 7.57. The van der Waals surface area contributed by atoms with Gasteiger partial charge in [0.1, 0.15) is 0 Å². The third kappa shape index (κ3) is 3.19. The standard InChI is InChI=1S/C13H27N3/c1-13(5-6-14-10-13)11-16-7-4-12(9-16)8-15(2)3/h12,14H,4-11H2,1-3H3. The van der Waals surface area contributed by atoms with E-state index < -0.39 is 0 Å². The third-order valence-electron chi connectivity index (χ3n) is 4.06. The molecule has 3 nitrogen and oxygen atoms in total. The van der Waals surface area contributed by atoms with E-state index in [1.54, 1.807) is 0 Å². The second kappa shape index (κ2) is 5.03. The summed E-state index contributed by atoms with van der Waals surface area (Å²) in [5, 5.41) is 3.50. The van der Waals surface area contributed by atoms with Gasteiger partial charge in [0.05, 0.1) is 0 Å². The van der Waals surface area contributed by atoms with Crippen molar-refractivity contribution in [3.05, 3.63) is 0 Å². The topological polar surface area (TPSA) is 18.5 Å². The lowest BCUT2D eigenvalue weighted by Gasteiger charge is -2.29. The Morgan fingerprint density at radius 3 is 2.88 bits per heavy atom. The van der Waals surface area contributed by atoms with Gasteiger partial charge in [-0.25, -0.2) is 0 Å². The first-order valence-electron chi connectivity index (χ1n) is 6.65. The van der Waals surface area contributed by atoms with Crippen LogP contribution in [0.2, 0.25) is 0 Å². The predicted molar refractivity (Wildman–Crippen MR) is 68.7 cm³/mol. The molecule has 0 radical (unpaired) electrons. The molecule has 0 aromatic rings. The van der Waals surface area contributed by atoms with Gasteiger partial charge in [-0.2, -0.15) is 0 Å². The molecular formula is C13H27N3. The van der Waals surface area contributed by atoms with Crippen molar-refractivity contribution in [2.45, 2.75) is 19.8 Å². The first kappa shape index (κ1) is 12.3. The normalized spacial score (nSPS) is 36.4. The molecule has 2 atom stereocenters. The number of hydrogen-bond acceptors (Lipinski definition) is 3. The Bertz CT molecular complexity index is 221. The molecule has 0 amide bonds. The molecular weight excluding hydrogens is 198 g/mol. The molecule has 0 saturated carbocycles. The lowest BCUT2D eigenvalue weighted by atomic mass is 9.89. The molecule has 16 heavy (non-hydrogen) atoms. The molecule has 0 aromatic heterocycles. The molecule has 2 saturated heterocycles. The Morgan fingerprint density at radius 1 is 1.44 bits per heavy atom. The van der Waals surface area contributed by atoms with Crippen molar-refractivity contribution in [1.29, 1.82) is 0 Å². The summed E-state index contributed by atoms with van der Waals surface area (Å²) in [7, 11) is 4.37. The number of hydrogen-bond donors (Lipinski definition) is 1. The minimum Gasteiger partial charge on any atom is -0.316 e. The molecule has 0 bridgehead atoms. The monoisotopic (exact) mass is 225 g/mol. The average Bonchev–Trinajstić information content (AvgIpc) is 2.75. The van der Waals surface area contributed by atoms with E-state index >= 15 is 0 Å². The first-order valence-corrected chi connectivity index (χ1v) is 6.65. The van der Waals surface area contributed by atoms with E-state index in [0.717, 1.165) is 5.92 Å². The summed E-state index contributed by atoms with van der Waals surface area (Å²) in [5.74, 6) is 0.896. The maximum atomic E-state index is 3.50. The van der Waals surface area contributed by atoms with Gasteiger partial charge in [0, 0.05) is 26.2 Å². The van der Waals surface area contributed by atoms with E-state index in [9.17, 15) is 0 Å². The second-order valence-electron chi connectivity index (χ2n) is 6.39. The van der Waals surface area contributed by atoms with Crippen LogP contribution in [0.4, 0.5) is 0 Å². The largest absolute Gasteiger partial charge is 0.316 e. The van der Waals surface area contributed by atoms with E-state index in [0.29, 0.717) is 5.41 Å². The van der Waals surface area contributed by atoms with Gasteiger partial charge < -0.3 is 15.1 Å². The highest BCUT2D eigenvalue weighted by Crippen LogP contribution is 2.28. The molecule has 2 fully saturated rings. The van der Waals surface area contributed by atoms with Gasteiger partial charge in [0.2, 0.25) is 0 Å². The fourth-order valence-corrected chi connectivity index (χ4v) is 3.27. The molecule has 0 aliphatic carbocycles. The Hall–Kier alpha value is -0.120. The van der Waals surface area contributed by atoms with Crippen molar-refractivity contribution in [3.8, 4) is 0 Å². The van der Waals surface area contributed by atoms with E-state index in [-0.39, 0.29) is 0 Å². The number of nitrogens with one attached hydrogen (secondary N) is 1. The molecule has 0 spiro atoms. The fraction of sp³-hybridized carbons (Fsp3) is 1.00. The molecule has 94 valence electrons. The van der Waals surface area contributed by atoms with Crippen LogP contribution in [-0.4, -0.2) is 63.2 Å². The lowest BCUT2D eigenvalue weighted by molar-refractivity contribution is 0.199. The van der Waals surface area contributed by atoms with Gasteiger partial charge in [0.25, 0.3) is 0 Å². The molecule has 0 aromatic carbocycles. The summed E-state index contributed by atoms with van der Waals surface area (Å²) in [6.45, 7) is 10.0. The van der Waals surface area contributed by atoms with Crippen LogP contribution in [0, 0.1) is 11.3 Å². The molecule has 2 aliphatic rings. The third-order valence-corrected chi connectivity index (χ3v) is 4.06. The number of rotatable bonds is 4. The van der Waals surface area contributed by atoms with Crippen LogP contribution in [0.3, 0.4) is 0 Å². The quantitative estimate of drug-likeness (QED) is 0.766. The molecule has 3 heteroatoms. The highest BCUT2D eigenvalue weighted by atomic mass is 15.2. The zero-order valence-electron chi connectivity index (χ0n) is 11.1. The summed E-state index contributed by atoms with van der Waals surface area (Å²) in [6, 6.07) is 0. The van der Waals surface area contributed by atoms with Crippen molar-refractivity contribution in [3.63, 3.8) is 0 Å². The van der Waals surface area contributed by atoms with Gasteiger partial charge in [0.15, 0.2) is 0 Å². The van der Waals surface area contributed by atoms with Crippen molar-refractivity contribution in [1.82, 2.24) is 15.1 Å². The zero-order valence-corrected chi connectivity index (χ0v) is 11.1. The summed E-state index contributed by atoms with van der Waals surface area (Å²) in [5.41, 5.74) is 0.535. The molecule has 2 heterocycles. The highest BCUT2D eigenvalue weighted by Gasteiger charge is 2.33. The maximum Gasteiger partial charge on any atom is 0.00481 e. The van der Waals surface area contributed by atoms with Crippen LogP contribution in [-0.2, 0) is 0 Å². The van der Waals surface area contributed by atoms with E-state index in [2.05, 4.69) is 36.1 Å². The highest BCUT2D eigenvalue weighted by molar-refractivity contribution is 4.89. The van der Waals surface area contributed by atoms with Gasteiger partial charge in [-0.1, -0.05) is 6.92 Å². The Balaban J connectivity index is 1.76. The number of nitrogens with zero attached hydrogens (tertiary/aromatic N) is 2. The van der Waals surface area contributed by atoms with Gasteiger partial charge in [-0.3, -0.25) is 0 Å². The van der Waals surface area contributed by atoms with Crippen LogP contribution in [0.5, 0.6) is 0 Å². The molecule has 1 N–H and O–H groups in total. The smallest absolute Gasteiger partial charge is 0.00481 e. The maximum absolute atomic E-state index is 3.50. The Labute approximate surface area is 100 Å². The van der Waals surface area contributed by atoms with Crippen LogP contribution < -0.4 is 5.32 Å². The minimum atomic E-state index is 0.535. The van der Waals surface area contributed by atoms with Crippen LogP contribution >= 0.6 is 0 Å². The second-order valence-corrected chi connectivity index (χ2v) is 6.39. The van der Waals surface area contributed by atoms with E-state index in [1.165, 1.54) is 52.1 Å². The van der Waals surface area contributed by atoms with Gasteiger partial charge in [-0.15, -0.1) is 0 Å². The zero-order chi connectivity index (χ0) is 11.6. The minimum absolute atomic E-state index is 0.535. The van der Waals surface area contributed by atoms with Crippen LogP contribution in [0.1, 0.15) is 19.8 Å². The van der Waals surface area contributed by atoms with Crippen molar-refractivity contribution in [2.75, 3.05) is 53.4 Å². The summed E-state index contributed by atoms with van der Waals surface area (Å²) in [4.78, 5) is 5.01. The van der Waals surface area contributed by atoms with Gasteiger partial charge in [-0.05, 0) is 51.4 Å². The van der Waals surface area contributed by atoms with Crippen LogP contribution in [0.25, 0.3) is 0 Å². The van der Waals surface area contributed by atoms with E-state index in [1.807, 2.05) is 0 Å². The Morgan fingerprint density at radius 2 is 2.25 bits per heavy atom. The summed E-state index contributed by atoms with van der Waals surface area (Å²) < 4.78 is 0. The predicted octanol–water partition coefficient (Wildman–Crippen LogP) is 0.869. The Kier molecular flexibility index (Phi) is 3.88. The molecule has 2 aliphatic heterocycles. The molecule has 2 unspecified atom stereocenters.